The summed E-state index contributed by atoms with van der Waals surface area (Å²) in [6.07, 6.45) is 3.08. The molecule has 0 spiro atoms. The standard InChI is InChI=1S/C23H18FN3O3/c24-19-9-3-1-7-17(19)14-27-20-10-4-2-6-16(20)12-21(27)23(29)30-15-22(28)26-18-8-5-11-25-13-18/h1-13H,14-15H2,(H,26,28). The molecule has 6 nitrogen and oxygen atoms in total. The van der Waals surface area contributed by atoms with E-state index in [0.717, 1.165) is 10.9 Å². The Balaban J connectivity index is 1.55. The molecule has 0 bridgehead atoms. The lowest BCUT2D eigenvalue weighted by atomic mass is 10.2. The number of aromatic nitrogens is 2. The highest BCUT2D eigenvalue weighted by Gasteiger charge is 2.19. The lowest BCUT2D eigenvalue weighted by Crippen LogP contribution is -2.22. The van der Waals surface area contributed by atoms with Crippen LogP contribution in [0.4, 0.5) is 10.1 Å². The molecular weight excluding hydrogens is 385 g/mol. The van der Waals surface area contributed by atoms with Gasteiger partial charge < -0.3 is 14.6 Å². The van der Waals surface area contributed by atoms with Gasteiger partial charge in [0.15, 0.2) is 6.61 Å². The lowest BCUT2D eigenvalue weighted by Gasteiger charge is -2.11. The Morgan fingerprint density at radius 1 is 1.03 bits per heavy atom. The van der Waals surface area contributed by atoms with Crippen LogP contribution in [0.25, 0.3) is 10.9 Å². The molecule has 0 unspecified atom stereocenters. The van der Waals surface area contributed by atoms with Gasteiger partial charge in [0, 0.05) is 22.7 Å². The first-order chi connectivity index (χ1) is 14.6. The molecule has 0 aliphatic rings. The predicted molar refractivity (Wildman–Crippen MR) is 111 cm³/mol. The normalized spacial score (nSPS) is 10.7. The van der Waals surface area contributed by atoms with Gasteiger partial charge in [0.05, 0.1) is 18.4 Å². The van der Waals surface area contributed by atoms with Gasteiger partial charge in [0.2, 0.25) is 0 Å². The minimum Gasteiger partial charge on any atom is -0.451 e. The van der Waals surface area contributed by atoms with Crippen molar-refractivity contribution in [1.29, 1.82) is 0 Å². The maximum Gasteiger partial charge on any atom is 0.355 e. The molecule has 2 heterocycles. The molecule has 0 aliphatic heterocycles. The van der Waals surface area contributed by atoms with Crippen LogP contribution in [-0.4, -0.2) is 28.0 Å². The van der Waals surface area contributed by atoms with Crippen molar-refractivity contribution in [2.75, 3.05) is 11.9 Å². The van der Waals surface area contributed by atoms with Crippen molar-refractivity contribution in [3.05, 3.63) is 96.2 Å². The molecule has 4 rings (SSSR count). The zero-order valence-electron chi connectivity index (χ0n) is 15.9. The Morgan fingerprint density at radius 3 is 2.63 bits per heavy atom. The lowest BCUT2D eigenvalue weighted by molar-refractivity contribution is -0.119. The summed E-state index contributed by atoms with van der Waals surface area (Å²) >= 11 is 0. The third-order valence-electron chi connectivity index (χ3n) is 4.59. The summed E-state index contributed by atoms with van der Waals surface area (Å²) in [6, 6.07) is 18.8. The van der Waals surface area contributed by atoms with E-state index in [1.54, 1.807) is 47.2 Å². The highest BCUT2D eigenvalue weighted by Crippen LogP contribution is 2.23. The number of hydrogen-bond donors (Lipinski definition) is 1. The summed E-state index contributed by atoms with van der Waals surface area (Å²) in [7, 11) is 0. The molecule has 2 aromatic heterocycles. The van der Waals surface area contributed by atoms with Crippen LogP contribution in [0, 0.1) is 5.82 Å². The van der Waals surface area contributed by atoms with Gasteiger partial charge in [0.25, 0.3) is 5.91 Å². The number of amides is 1. The van der Waals surface area contributed by atoms with E-state index in [4.69, 9.17) is 4.74 Å². The summed E-state index contributed by atoms with van der Waals surface area (Å²) in [5.41, 5.74) is 1.97. The molecule has 1 amide bonds. The Bertz CT molecular complexity index is 1200. The van der Waals surface area contributed by atoms with Crippen molar-refractivity contribution in [3.8, 4) is 0 Å². The van der Waals surface area contributed by atoms with E-state index in [0.29, 0.717) is 11.3 Å². The van der Waals surface area contributed by atoms with E-state index in [1.165, 1.54) is 12.3 Å². The summed E-state index contributed by atoms with van der Waals surface area (Å²) in [4.78, 5) is 28.7. The molecule has 0 fully saturated rings. The Kier molecular flexibility index (Phi) is 5.52. The van der Waals surface area contributed by atoms with Gasteiger partial charge in [-0.1, -0.05) is 36.4 Å². The predicted octanol–water partition coefficient (Wildman–Crippen LogP) is 4.02. The maximum absolute atomic E-state index is 14.2. The van der Waals surface area contributed by atoms with Crippen LogP contribution in [0.3, 0.4) is 0 Å². The van der Waals surface area contributed by atoms with E-state index < -0.39 is 18.5 Å². The highest BCUT2D eigenvalue weighted by atomic mass is 19.1. The number of esters is 1. The fourth-order valence-electron chi connectivity index (χ4n) is 3.19. The number of nitrogens with zero attached hydrogens (tertiary/aromatic N) is 2. The largest absolute Gasteiger partial charge is 0.451 e. The van der Waals surface area contributed by atoms with Crippen molar-refractivity contribution in [3.63, 3.8) is 0 Å². The van der Waals surface area contributed by atoms with Crippen LogP contribution < -0.4 is 5.32 Å². The summed E-state index contributed by atoms with van der Waals surface area (Å²) in [6.45, 7) is -0.290. The number of nitrogens with one attached hydrogen (secondary N) is 1. The van der Waals surface area contributed by atoms with Gasteiger partial charge in [-0.15, -0.1) is 0 Å². The monoisotopic (exact) mass is 403 g/mol. The van der Waals surface area contributed by atoms with Gasteiger partial charge >= 0.3 is 5.97 Å². The molecule has 0 aliphatic carbocycles. The van der Waals surface area contributed by atoms with Gasteiger partial charge in [-0.2, -0.15) is 0 Å². The molecule has 30 heavy (non-hydrogen) atoms. The van der Waals surface area contributed by atoms with Gasteiger partial charge in [-0.3, -0.25) is 9.78 Å². The average molecular weight is 403 g/mol. The van der Waals surface area contributed by atoms with Crippen LogP contribution in [0.15, 0.2) is 79.1 Å². The van der Waals surface area contributed by atoms with Crippen LogP contribution in [-0.2, 0) is 16.1 Å². The second-order valence-electron chi connectivity index (χ2n) is 6.63. The number of para-hydroxylation sites is 1. The van der Waals surface area contributed by atoms with Crippen molar-refractivity contribution in [2.45, 2.75) is 6.54 Å². The Hall–Kier alpha value is -4.00. The molecular formula is C23H18FN3O3. The molecule has 1 N–H and O–H groups in total. The number of anilines is 1. The molecule has 150 valence electrons. The summed E-state index contributed by atoms with van der Waals surface area (Å²) < 4.78 is 21.1. The van der Waals surface area contributed by atoms with E-state index >= 15 is 0 Å². The average Bonchev–Trinajstić information content (AvgIpc) is 3.13. The van der Waals surface area contributed by atoms with Crippen molar-refractivity contribution < 1.29 is 18.7 Å². The minimum absolute atomic E-state index is 0.159. The van der Waals surface area contributed by atoms with Gasteiger partial charge in [0.1, 0.15) is 11.5 Å². The van der Waals surface area contributed by atoms with Crippen LogP contribution >= 0.6 is 0 Å². The number of fused-ring (bicyclic) bond motifs is 1. The topological polar surface area (TPSA) is 73.2 Å². The van der Waals surface area contributed by atoms with Gasteiger partial charge in [-0.25, -0.2) is 9.18 Å². The molecule has 0 saturated heterocycles. The van der Waals surface area contributed by atoms with Crippen molar-refractivity contribution >= 4 is 28.5 Å². The number of ether oxygens (including phenoxy) is 1. The van der Waals surface area contributed by atoms with Crippen LogP contribution in [0.5, 0.6) is 0 Å². The Morgan fingerprint density at radius 2 is 1.83 bits per heavy atom. The van der Waals surface area contributed by atoms with Crippen LogP contribution in [0.1, 0.15) is 16.1 Å². The zero-order chi connectivity index (χ0) is 20.9. The first-order valence-corrected chi connectivity index (χ1v) is 9.30. The first-order valence-electron chi connectivity index (χ1n) is 9.30. The quantitative estimate of drug-likeness (QED) is 0.494. The third kappa shape index (κ3) is 4.20. The molecule has 7 heteroatoms. The van der Waals surface area contributed by atoms with E-state index in [2.05, 4.69) is 10.3 Å². The zero-order valence-corrected chi connectivity index (χ0v) is 15.9. The number of pyridine rings is 1. The first kappa shape index (κ1) is 19.3. The molecule has 0 saturated carbocycles. The smallest absolute Gasteiger partial charge is 0.355 e. The maximum atomic E-state index is 14.2. The fraction of sp³-hybridized carbons (Fsp3) is 0.0870. The fourth-order valence-corrected chi connectivity index (χ4v) is 3.19. The number of benzene rings is 2. The van der Waals surface area contributed by atoms with Crippen molar-refractivity contribution in [1.82, 2.24) is 9.55 Å². The molecule has 0 radical (unpaired) electrons. The van der Waals surface area contributed by atoms with E-state index in [-0.39, 0.29) is 18.1 Å². The van der Waals surface area contributed by atoms with E-state index in [1.807, 2.05) is 24.3 Å². The Labute approximate surface area is 171 Å². The second kappa shape index (κ2) is 8.57. The van der Waals surface area contributed by atoms with Crippen LogP contribution in [0.2, 0.25) is 0 Å². The highest BCUT2D eigenvalue weighted by molar-refractivity contribution is 5.98. The summed E-state index contributed by atoms with van der Waals surface area (Å²) in [5, 5.41) is 3.42. The number of hydrogen-bond acceptors (Lipinski definition) is 4. The second-order valence-corrected chi connectivity index (χ2v) is 6.63. The number of rotatable bonds is 6. The third-order valence-corrected chi connectivity index (χ3v) is 4.59. The van der Waals surface area contributed by atoms with E-state index in [9.17, 15) is 14.0 Å². The van der Waals surface area contributed by atoms with Crippen molar-refractivity contribution in [2.24, 2.45) is 0 Å². The van der Waals surface area contributed by atoms with Gasteiger partial charge in [-0.05, 0) is 30.3 Å². The number of carbonyl (C=O) groups excluding carboxylic acids is 2. The number of carbonyl (C=O) groups is 2. The summed E-state index contributed by atoms with van der Waals surface area (Å²) in [5.74, 6) is -1.50. The minimum atomic E-state index is -0.663. The molecule has 0 atom stereocenters. The molecule has 2 aromatic carbocycles. The number of halogens is 1. The SMILES string of the molecule is O=C(COC(=O)c1cc2ccccc2n1Cc1ccccc1F)Nc1cccnc1. The molecule has 4 aromatic rings.